The highest BCUT2D eigenvalue weighted by molar-refractivity contribution is 4.95. The Labute approximate surface area is 136 Å². The zero-order chi connectivity index (χ0) is 15.9. The third kappa shape index (κ3) is 10.4. The summed E-state index contributed by atoms with van der Waals surface area (Å²) in [6.07, 6.45) is 23.2. The van der Waals surface area contributed by atoms with Gasteiger partial charge in [-0.2, -0.15) is 0 Å². The highest BCUT2D eigenvalue weighted by atomic mass is 16.1. The van der Waals surface area contributed by atoms with Crippen LogP contribution in [-0.4, -0.2) is 4.57 Å². The Kier molecular flexibility index (Phi) is 11.4. The van der Waals surface area contributed by atoms with E-state index in [1.54, 1.807) is 12.1 Å². The van der Waals surface area contributed by atoms with Gasteiger partial charge in [0, 0.05) is 31.1 Å². The van der Waals surface area contributed by atoms with Crippen molar-refractivity contribution in [1.82, 2.24) is 4.57 Å². The van der Waals surface area contributed by atoms with Crippen LogP contribution in [0.3, 0.4) is 0 Å². The summed E-state index contributed by atoms with van der Waals surface area (Å²) >= 11 is 0. The number of nitrogens with zero attached hydrogens (tertiary/aromatic N) is 1. The molecule has 0 aliphatic carbocycles. The molecule has 0 amide bonds. The number of hydrogen-bond acceptors (Lipinski definition) is 1. The molecule has 22 heavy (non-hydrogen) atoms. The number of allylic oxidation sites excluding steroid dienone is 2. The molecule has 2 nitrogen and oxygen atoms in total. The minimum Gasteiger partial charge on any atom is -0.350 e. The van der Waals surface area contributed by atoms with Crippen LogP contribution >= 0.6 is 0 Å². The molecule has 0 saturated heterocycles. The molecular formula is C20H33NO. The fourth-order valence-corrected chi connectivity index (χ4v) is 2.63. The van der Waals surface area contributed by atoms with Gasteiger partial charge < -0.3 is 4.57 Å². The standard InChI is InChI=1S/C20H33NO/c1-2-3-4-5-6-7-8-9-10-11-12-13-14-17-21-18-15-20(22)16-19-21/h13-16,18-19H,2-12,17H2,1H3/b14-13+. The first-order chi connectivity index (χ1) is 10.8. The molecule has 0 N–H and O–H groups in total. The summed E-state index contributed by atoms with van der Waals surface area (Å²) in [6, 6.07) is 3.21. The van der Waals surface area contributed by atoms with Gasteiger partial charge in [0.15, 0.2) is 5.43 Å². The predicted octanol–water partition coefficient (Wildman–Crippen LogP) is 5.72. The smallest absolute Gasteiger partial charge is 0.181 e. The van der Waals surface area contributed by atoms with E-state index in [-0.39, 0.29) is 5.43 Å². The summed E-state index contributed by atoms with van der Waals surface area (Å²) < 4.78 is 2.02. The third-order valence-corrected chi connectivity index (χ3v) is 4.07. The summed E-state index contributed by atoms with van der Waals surface area (Å²) in [4.78, 5) is 11.0. The molecule has 0 fully saturated rings. The molecule has 0 saturated carbocycles. The van der Waals surface area contributed by atoms with E-state index in [9.17, 15) is 4.79 Å². The van der Waals surface area contributed by atoms with Gasteiger partial charge in [0.25, 0.3) is 0 Å². The first-order valence-electron chi connectivity index (χ1n) is 9.14. The average molecular weight is 303 g/mol. The van der Waals surface area contributed by atoms with Gasteiger partial charge in [-0.25, -0.2) is 0 Å². The van der Waals surface area contributed by atoms with Gasteiger partial charge in [0.05, 0.1) is 0 Å². The van der Waals surface area contributed by atoms with Crippen LogP contribution in [0.4, 0.5) is 0 Å². The molecule has 0 aliphatic rings. The van der Waals surface area contributed by atoms with Crippen molar-refractivity contribution in [2.24, 2.45) is 0 Å². The lowest BCUT2D eigenvalue weighted by Crippen LogP contribution is -2.02. The van der Waals surface area contributed by atoms with E-state index in [4.69, 9.17) is 0 Å². The Morgan fingerprint density at radius 3 is 1.95 bits per heavy atom. The van der Waals surface area contributed by atoms with Crippen LogP contribution in [0.1, 0.15) is 77.6 Å². The third-order valence-electron chi connectivity index (χ3n) is 4.07. The number of rotatable bonds is 13. The van der Waals surface area contributed by atoms with E-state index >= 15 is 0 Å². The molecule has 2 heteroatoms. The lowest BCUT2D eigenvalue weighted by molar-refractivity contribution is 0.557. The topological polar surface area (TPSA) is 22.0 Å². The van der Waals surface area contributed by atoms with Crippen LogP contribution in [0.5, 0.6) is 0 Å². The molecular weight excluding hydrogens is 270 g/mol. The van der Waals surface area contributed by atoms with E-state index in [2.05, 4.69) is 19.1 Å². The molecule has 0 atom stereocenters. The number of aromatic nitrogens is 1. The maximum Gasteiger partial charge on any atom is 0.181 e. The minimum absolute atomic E-state index is 0.0746. The van der Waals surface area contributed by atoms with Crippen molar-refractivity contribution in [3.8, 4) is 0 Å². The Morgan fingerprint density at radius 1 is 0.818 bits per heavy atom. The summed E-state index contributed by atoms with van der Waals surface area (Å²) in [5.41, 5.74) is 0.0746. The largest absolute Gasteiger partial charge is 0.350 e. The van der Waals surface area contributed by atoms with E-state index in [1.165, 1.54) is 70.6 Å². The zero-order valence-corrected chi connectivity index (χ0v) is 14.3. The van der Waals surface area contributed by atoms with Crippen molar-refractivity contribution >= 4 is 0 Å². The molecule has 0 aromatic carbocycles. The van der Waals surface area contributed by atoms with E-state index < -0.39 is 0 Å². The fourth-order valence-electron chi connectivity index (χ4n) is 2.63. The molecule has 0 unspecified atom stereocenters. The van der Waals surface area contributed by atoms with E-state index in [0.717, 1.165) is 6.54 Å². The van der Waals surface area contributed by atoms with Crippen LogP contribution < -0.4 is 5.43 Å². The molecule has 124 valence electrons. The zero-order valence-electron chi connectivity index (χ0n) is 14.3. The van der Waals surface area contributed by atoms with Crippen LogP contribution in [0.15, 0.2) is 41.5 Å². The second-order valence-corrected chi connectivity index (χ2v) is 6.17. The van der Waals surface area contributed by atoms with Crippen LogP contribution in [0.25, 0.3) is 0 Å². The molecule has 0 radical (unpaired) electrons. The number of hydrogen-bond donors (Lipinski definition) is 0. The number of pyridine rings is 1. The van der Waals surface area contributed by atoms with Crippen molar-refractivity contribution in [2.75, 3.05) is 0 Å². The van der Waals surface area contributed by atoms with Crippen LogP contribution in [0, 0.1) is 0 Å². The molecule has 1 aromatic heterocycles. The summed E-state index contributed by atoms with van der Waals surface area (Å²) in [6.45, 7) is 3.13. The Hall–Kier alpha value is -1.31. The SMILES string of the molecule is CCCCCCCCCCCC/C=C/Cn1ccc(=O)cc1. The first kappa shape index (κ1) is 18.7. The highest BCUT2D eigenvalue weighted by Crippen LogP contribution is 2.11. The summed E-state index contributed by atoms with van der Waals surface area (Å²) in [5, 5.41) is 0. The van der Waals surface area contributed by atoms with E-state index in [0.29, 0.717) is 0 Å². The lowest BCUT2D eigenvalue weighted by atomic mass is 10.1. The lowest BCUT2D eigenvalue weighted by Gasteiger charge is -2.02. The molecule has 0 spiro atoms. The summed E-state index contributed by atoms with van der Waals surface area (Å²) in [7, 11) is 0. The van der Waals surface area contributed by atoms with Gasteiger partial charge in [0.2, 0.25) is 0 Å². The second-order valence-electron chi connectivity index (χ2n) is 6.17. The predicted molar refractivity (Wildman–Crippen MR) is 96.3 cm³/mol. The van der Waals surface area contributed by atoms with Gasteiger partial charge in [-0.05, 0) is 12.8 Å². The van der Waals surface area contributed by atoms with Crippen LogP contribution in [-0.2, 0) is 6.54 Å². The Bertz CT molecular complexity index is 427. The fraction of sp³-hybridized carbons (Fsp3) is 0.650. The monoisotopic (exact) mass is 303 g/mol. The molecule has 0 aliphatic heterocycles. The summed E-state index contributed by atoms with van der Waals surface area (Å²) in [5.74, 6) is 0. The van der Waals surface area contributed by atoms with Crippen molar-refractivity contribution in [2.45, 2.75) is 84.1 Å². The molecule has 1 heterocycles. The second kappa shape index (κ2) is 13.4. The molecule has 0 bridgehead atoms. The highest BCUT2D eigenvalue weighted by Gasteiger charge is 1.92. The van der Waals surface area contributed by atoms with Gasteiger partial charge >= 0.3 is 0 Å². The van der Waals surface area contributed by atoms with Crippen molar-refractivity contribution in [3.05, 3.63) is 46.9 Å². The van der Waals surface area contributed by atoms with Crippen molar-refractivity contribution in [1.29, 1.82) is 0 Å². The van der Waals surface area contributed by atoms with Gasteiger partial charge in [-0.15, -0.1) is 0 Å². The van der Waals surface area contributed by atoms with Crippen LogP contribution in [0.2, 0.25) is 0 Å². The van der Waals surface area contributed by atoms with Gasteiger partial charge in [-0.1, -0.05) is 76.9 Å². The first-order valence-corrected chi connectivity index (χ1v) is 9.14. The maximum atomic E-state index is 11.0. The average Bonchev–Trinajstić information content (AvgIpc) is 2.53. The van der Waals surface area contributed by atoms with Crippen molar-refractivity contribution in [3.63, 3.8) is 0 Å². The quantitative estimate of drug-likeness (QED) is 0.337. The molecule has 1 aromatic rings. The van der Waals surface area contributed by atoms with Gasteiger partial charge in [0.1, 0.15) is 0 Å². The maximum absolute atomic E-state index is 11.0. The van der Waals surface area contributed by atoms with Crippen molar-refractivity contribution < 1.29 is 0 Å². The number of unbranched alkanes of at least 4 members (excludes halogenated alkanes) is 10. The Morgan fingerprint density at radius 2 is 1.36 bits per heavy atom. The minimum atomic E-state index is 0.0746. The van der Waals surface area contributed by atoms with Gasteiger partial charge in [-0.3, -0.25) is 4.79 Å². The Balaban J connectivity index is 1.87. The normalized spacial score (nSPS) is 11.3. The van der Waals surface area contributed by atoms with E-state index in [1.807, 2.05) is 17.0 Å². The molecule has 1 rings (SSSR count).